The third-order valence-corrected chi connectivity index (χ3v) is 3.70. The summed E-state index contributed by atoms with van der Waals surface area (Å²) in [5.41, 5.74) is 4.03. The Morgan fingerprint density at radius 3 is 2.41 bits per heavy atom. The normalized spacial score (nSPS) is 10.4. The van der Waals surface area contributed by atoms with Gasteiger partial charge in [-0.15, -0.1) is 0 Å². The van der Waals surface area contributed by atoms with Gasteiger partial charge in [-0.05, 0) is 37.6 Å². The molecular weight excluding hydrogens is 354 g/mol. The number of ketones is 1. The van der Waals surface area contributed by atoms with Crippen molar-refractivity contribution in [3.8, 4) is 5.75 Å². The summed E-state index contributed by atoms with van der Waals surface area (Å²) in [5, 5.41) is 0. The van der Waals surface area contributed by atoms with Gasteiger partial charge in [0.15, 0.2) is 6.61 Å². The molecule has 0 unspecified atom stereocenters. The van der Waals surface area contributed by atoms with E-state index < -0.39 is 35.2 Å². The molecule has 0 radical (unpaired) electrons. The summed E-state index contributed by atoms with van der Waals surface area (Å²) in [7, 11) is 0. The van der Waals surface area contributed by atoms with Crippen LogP contribution in [0.2, 0.25) is 0 Å². The molecule has 3 N–H and O–H groups in total. The Kier molecular flexibility index (Phi) is 6.53. The van der Waals surface area contributed by atoms with Crippen molar-refractivity contribution in [3.05, 3.63) is 56.2 Å². The standard InChI is InChI=1S/C18H21N3O6/c1-3-9-21-15(19)14(16(23)20-18(21)25)13(22)10-27-17(24)11-5-7-12(8-6-11)26-4-2/h5-8H,3-4,9-10,19H2,1-2H3,(H,20,23,25). The number of carbonyl (C=O) groups is 2. The van der Waals surface area contributed by atoms with Crippen LogP contribution >= 0.6 is 0 Å². The summed E-state index contributed by atoms with van der Waals surface area (Å²) in [5.74, 6) is -1.17. The van der Waals surface area contributed by atoms with E-state index in [1.807, 2.05) is 18.8 Å². The predicted octanol–water partition coefficient (Wildman–Crippen LogP) is 0.967. The van der Waals surface area contributed by atoms with Crippen LogP contribution in [0.5, 0.6) is 5.75 Å². The molecule has 0 spiro atoms. The lowest BCUT2D eigenvalue weighted by Crippen LogP contribution is -2.37. The zero-order valence-corrected chi connectivity index (χ0v) is 15.1. The van der Waals surface area contributed by atoms with Crippen LogP contribution in [0.25, 0.3) is 0 Å². The van der Waals surface area contributed by atoms with Gasteiger partial charge in [-0.3, -0.25) is 19.1 Å². The summed E-state index contributed by atoms with van der Waals surface area (Å²) < 4.78 is 11.3. The number of aromatic amines is 1. The quantitative estimate of drug-likeness (QED) is 0.518. The largest absolute Gasteiger partial charge is 0.494 e. The average molecular weight is 375 g/mol. The Bertz CT molecular complexity index is 943. The summed E-state index contributed by atoms with van der Waals surface area (Å²) in [6.07, 6.45) is 0.580. The lowest BCUT2D eigenvalue weighted by Gasteiger charge is -2.11. The van der Waals surface area contributed by atoms with E-state index in [9.17, 15) is 19.2 Å². The Hall–Kier alpha value is -3.36. The van der Waals surface area contributed by atoms with Crippen molar-refractivity contribution in [1.29, 1.82) is 0 Å². The summed E-state index contributed by atoms with van der Waals surface area (Å²) in [6, 6.07) is 6.21. The van der Waals surface area contributed by atoms with Gasteiger partial charge in [-0.1, -0.05) is 6.92 Å². The highest BCUT2D eigenvalue weighted by Crippen LogP contribution is 2.13. The first-order valence-corrected chi connectivity index (χ1v) is 8.44. The SMILES string of the molecule is CCCn1c(N)c(C(=O)COC(=O)c2ccc(OCC)cc2)c(=O)[nH]c1=O. The maximum Gasteiger partial charge on any atom is 0.338 e. The zero-order chi connectivity index (χ0) is 20.0. The smallest absolute Gasteiger partial charge is 0.338 e. The van der Waals surface area contributed by atoms with E-state index in [0.29, 0.717) is 18.8 Å². The van der Waals surface area contributed by atoms with Crippen LogP contribution in [-0.2, 0) is 11.3 Å². The third kappa shape index (κ3) is 4.63. The van der Waals surface area contributed by atoms with Crippen LogP contribution < -0.4 is 21.7 Å². The molecule has 2 rings (SSSR count). The number of anilines is 1. The lowest BCUT2D eigenvalue weighted by atomic mass is 10.2. The molecule has 0 aliphatic rings. The fourth-order valence-electron chi connectivity index (χ4n) is 2.44. The van der Waals surface area contributed by atoms with E-state index in [0.717, 1.165) is 4.57 Å². The molecule has 1 heterocycles. The van der Waals surface area contributed by atoms with Crippen LogP contribution in [0.1, 0.15) is 41.0 Å². The number of aromatic nitrogens is 2. The van der Waals surface area contributed by atoms with Gasteiger partial charge >= 0.3 is 11.7 Å². The number of Topliss-reactive ketones (excluding diaryl/α,β-unsaturated/α-hetero) is 1. The molecule has 0 saturated carbocycles. The van der Waals surface area contributed by atoms with E-state index in [1.165, 1.54) is 12.1 Å². The van der Waals surface area contributed by atoms with Crippen molar-refractivity contribution in [1.82, 2.24) is 9.55 Å². The van der Waals surface area contributed by atoms with E-state index in [4.69, 9.17) is 15.2 Å². The number of esters is 1. The van der Waals surface area contributed by atoms with E-state index >= 15 is 0 Å². The van der Waals surface area contributed by atoms with Gasteiger partial charge in [0.25, 0.3) is 5.56 Å². The third-order valence-electron chi connectivity index (χ3n) is 3.70. The molecule has 144 valence electrons. The lowest BCUT2D eigenvalue weighted by molar-refractivity contribution is 0.0474. The number of hydrogen-bond acceptors (Lipinski definition) is 7. The first kappa shape index (κ1) is 20.0. The fraction of sp³-hybridized carbons (Fsp3) is 0.333. The molecule has 9 nitrogen and oxygen atoms in total. The maximum atomic E-state index is 12.3. The second-order valence-electron chi connectivity index (χ2n) is 5.63. The molecule has 1 aromatic carbocycles. The minimum absolute atomic E-state index is 0.226. The molecule has 0 aliphatic carbocycles. The Morgan fingerprint density at radius 1 is 1.15 bits per heavy atom. The van der Waals surface area contributed by atoms with E-state index in [-0.39, 0.29) is 17.9 Å². The van der Waals surface area contributed by atoms with Gasteiger partial charge in [0.05, 0.1) is 12.2 Å². The topological polar surface area (TPSA) is 133 Å². The molecule has 0 saturated heterocycles. The molecule has 0 amide bonds. The summed E-state index contributed by atoms with van der Waals surface area (Å²) in [4.78, 5) is 50.1. The van der Waals surface area contributed by atoms with Crippen molar-refractivity contribution >= 4 is 17.6 Å². The monoisotopic (exact) mass is 375 g/mol. The molecule has 0 fully saturated rings. The second kappa shape index (κ2) is 8.84. The predicted molar refractivity (Wildman–Crippen MR) is 98.3 cm³/mol. The molecule has 27 heavy (non-hydrogen) atoms. The highest BCUT2D eigenvalue weighted by Gasteiger charge is 2.20. The Balaban J connectivity index is 2.13. The first-order valence-electron chi connectivity index (χ1n) is 8.44. The molecule has 9 heteroatoms. The number of H-pyrrole nitrogens is 1. The van der Waals surface area contributed by atoms with Gasteiger partial charge < -0.3 is 15.2 Å². The minimum Gasteiger partial charge on any atom is -0.494 e. The minimum atomic E-state index is -0.910. The number of ether oxygens (including phenoxy) is 2. The molecule has 0 bridgehead atoms. The number of hydrogen-bond donors (Lipinski definition) is 2. The number of nitrogens with one attached hydrogen (secondary N) is 1. The zero-order valence-electron chi connectivity index (χ0n) is 15.1. The molecule has 1 aromatic heterocycles. The second-order valence-corrected chi connectivity index (χ2v) is 5.63. The average Bonchev–Trinajstić information content (AvgIpc) is 2.64. The first-order chi connectivity index (χ1) is 12.9. The number of nitrogens with zero attached hydrogens (tertiary/aromatic N) is 1. The van der Waals surface area contributed by atoms with Crippen LogP contribution in [0.3, 0.4) is 0 Å². The van der Waals surface area contributed by atoms with Crippen molar-refractivity contribution in [2.75, 3.05) is 18.9 Å². The van der Waals surface area contributed by atoms with Gasteiger partial charge in [0, 0.05) is 6.54 Å². The van der Waals surface area contributed by atoms with Gasteiger partial charge in [0.2, 0.25) is 5.78 Å². The van der Waals surface area contributed by atoms with Gasteiger partial charge in [-0.25, -0.2) is 9.59 Å². The summed E-state index contributed by atoms with van der Waals surface area (Å²) in [6.45, 7) is 3.72. The molecule has 2 aromatic rings. The Labute approximate surface area is 154 Å². The fourth-order valence-corrected chi connectivity index (χ4v) is 2.44. The van der Waals surface area contributed by atoms with Crippen LogP contribution in [0.4, 0.5) is 5.82 Å². The molecule has 0 atom stereocenters. The number of nitrogen functional groups attached to an aromatic ring is 1. The maximum absolute atomic E-state index is 12.3. The highest BCUT2D eigenvalue weighted by atomic mass is 16.5. The van der Waals surface area contributed by atoms with Crippen molar-refractivity contribution in [2.45, 2.75) is 26.8 Å². The molecular formula is C18H21N3O6. The van der Waals surface area contributed by atoms with Crippen molar-refractivity contribution in [3.63, 3.8) is 0 Å². The number of benzene rings is 1. The number of carbonyl (C=O) groups excluding carboxylic acids is 2. The number of nitrogens with two attached hydrogens (primary N) is 1. The van der Waals surface area contributed by atoms with Crippen molar-refractivity contribution < 1.29 is 19.1 Å². The van der Waals surface area contributed by atoms with Crippen molar-refractivity contribution in [2.24, 2.45) is 0 Å². The van der Waals surface area contributed by atoms with Gasteiger partial charge in [0.1, 0.15) is 17.1 Å². The van der Waals surface area contributed by atoms with Crippen LogP contribution in [-0.4, -0.2) is 34.5 Å². The highest BCUT2D eigenvalue weighted by molar-refractivity contribution is 6.02. The number of rotatable bonds is 8. The van der Waals surface area contributed by atoms with E-state index in [1.54, 1.807) is 12.1 Å². The molecule has 0 aliphatic heterocycles. The summed E-state index contributed by atoms with van der Waals surface area (Å²) >= 11 is 0. The Morgan fingerprint density at radius 2 is 1.81 bits per heavy atom. The van der Waals surface area contributed by atoms with E-state index in [2.05, 4.69) is 0 Å². The van der Waals surface area contributed by atoms with Gasteiger partial charge in [-0.2, -0.15) is 0 Å². The van der Waals surface area contributed by atoms with Crippen LogP contribution in [0, 0.1) is 0 Å². The van der Waals surface area contributed by atoms with Crippen LogP contribution in [0.15, 0.2) is 33.9 Å².